The van der Waals surface area contributed by atoms with Crippen LogP contribution in [0, 0.1) is 5.92 Å². The van der Waals surface area contributed by atoms with Crippen LogP contribution in [0.4, 0.5) is 0 Å². The Morgan fingerprint density at radius 2 is 1.65 bits per heavy atom. The van der Waals surface area contributed by atoms with Crippen molar-refractivity contribution in [1.29, 1.82) is 0 Å². The number of carbonyl (C=O) groups excluding carboxylic acids is 3. The van der Waals surface area contributed by atoms with Crippen molar-refractivity contribution >= 4 is 17.7 Å². The van der Waals surface area contributed by atoms with Crippen molar-refractivity contribution in [3.63, 3.8) is 0 Å². The maximum Gasteiger partial charge on any atom is 0.251 e. The van der Waals surface area contributed by atoms with Gasteiger partial charge >= 0.3 is 0 Å². The number of likely N-dealkylation sites (tertiary alicyclic amines) is 1. The van der Waals surface area contributed by atoms with Gasteiger partial charge in [0.05, 0.1) is 12.7 Å². The first-order chi connectivity index (χ1) is 20.8. The fraction of sp³-hybridized carbons (Fsp3) is 0.545. The third-order valence-electron chi connectivity index (χ3n) is 9.34. The van der Waals surface area contributed by atoms with Gasteiger partial charge in [0, 0.05) is 45.9 Å². The number of hydrogen-bond donors (Lipinski definition) is 3. The highest BCUT2D eigenvalue weighted by molar-refractivity contribution is 6.00. The zero-order valence-corrected chi connectivity index (χ0v) is 25.2. The second kappa shape index (κ2) is 13.9. The first kappa shape index (κ1) is 31.0. The Kier molecular flexibility index (Phi) is 10.00. The summed E-state index contributed by atoms with van der Waals surface area (Å²) in [5, 5.41) is 16.7. The molecule has 0 radical (unpaired) electrons. The van der Waals surface area contributed by atoms with Crippen LogP contribution in [0.25, 0.3) is 0 Å². The van der Waals surface area contributed by atoms with Gasteiger partial charge in [-0.3, -0.25) is 19.3 Å². The van der Waals surface area contributed by atoms with Gasteiger partial charge in [-0.25, -0.2) is 0 Å². The normalized spacial score (nSPS) is 21.8. The number of piperazine rings is 1. The largest absolute Gasteiger partial charge is 0.457 e. The van der Waals surface area contributed by atoms with E-state index in [0.29, 0.717) is 62.7 Å². The average Bonchev–Trinajstić information content (AvgIpc) is 3.04. The third-order valence-corrected chi connectivity index (χ3v) is 9.34. The lowest BCUT2D eigenvalue weighted by molar-refractivity contribution is -0.166. The Labute approximate surface area is 253 Å². The van der Waals surface area contributed by atoms with Crippen LogP contribution in [0.1, 0.15) is 60.9 Å². The number of hydrogen-bond acceptors (Lipinski definition) is 7. The van der Waals surface area contributed by atoms with Crippen molar-refractivity contribution < 1.29 is 29.0 Å². The van der Waals surface area contributed by atoms with Gasteiger partial charge in [-0.05, 0) is 73.6 Å². The van der Waals surface area contributed by atoms with E-state index in [-0.39, 0.29) is 23.6 Å². The number of benzene rings is 2. The Balaban J connectivity index is 1.19. The maximum absolute atomic E-state index is 13.8. The van der Waals surface area contributed by atoms with Crippen molar-refractivity contribution in [2.75, 3.05) is 40.4 Å². The van der Waals surface area contributed by atoms with Crippen LogP contribution in [-0.2, 0) is 20.9 Å². The summed E-state index contributed by atoms with van der Waals surface area (Å²) in [6.07, 6.45) is 5.20. The fourth-order valence-electron chi connectivity index (χ4n) is 6.78. The van der Waals surface area contributed by atoms with Gasteiger partial charge in [-0.15, -0.1) is 0 Å². The second-order valence-electron chi connectivity index (χ2n) is 12.0. The van der Waals surface area contributed by atoms with E-state index >= 15 is 0 Å². The van der Waals surface area contributed by atoms with Crippen LogP contribution in [0.2, 0.25) is 0 Å². The van der Waals surface area contributed by atoms with Crippen LogP contribution < -0.4 is 15.4 Å². The number of carbonyl (C=O) groups is 3. The van der Waals surface area contributed by atoms with Crippen LogP contribution in [-0.4, -0.2) is 90.7 Å². The molecule has 0 aromatic heterocycles. The topological polar surface area (TPSA) is 120 Å². The van der Waals surface area contributed by atoms with E-state index < -0.39 is 17.7 Å². The lowest BCUT2D eigenvalue weighted by Crippen LogP contribution is -2.75. The standard InChI is InChI=1S/C33H44N4O6/c1-34-30(39)25-10-14-27(15-11-25)43-26-12-8-23(9-13-26)22-36-18-16-33(17-19-36)32(41)35-28(31(40)37(33)20-21-42-2)29(38)24-6-4-3-5-7-24/h8-15,24,28-29,38H,3-7,16-22H2,1-2H3,(H,34,39)(H,35,41)/t28-,29-/m1/s1. The molecule has 2 atom stereocenters. The summed E-state index contributed by atoms with van der Waals surface area (Å²) in [5.74, 6) is 0.887. The molecule has 0 unspecified atom stereocenters. The average molecular weight is 593 g/mol. The minimum Gasteiger partial charge on any atom is -0.457 e. The van der Waals surface area contributed by atoms with Gasteiger partial charge in [-0.1, -0.05) is 31.4 Å². The summed E-state index contributed by atoms with van der Waals surface area (Å²) >= 11 is 0. The highest BCUT2D eigenvalue weighted by Crippen LogP contribution is 2.36. The highest BCUT2D eigenvalue weighted by atomic mass is 16.5. The minimum absolute atomic E-state index is 0.0366. The monoisotopic (exact) mass is 592 g/mol. The molecular weight excluding hydrogens is 548 g/mol. The summed E-state index contributed by atoms with van der Waals surface area (Å²) in [5.41, 5.74) is 0.761. The number of methoxy groups -OCH3 is 1. The molecular formula is C33H44N4O6. The van der Waals surface area contributed by atoms with E-state index in [1.54, 1.807) is 43.3 Å². The first-order valence-corrected chi connectivity index (χ1v) is 15.5. The number of piperidine rings is 1. The van der Waals surface area contributed by atoms with Gasteiger partial charge < -0.3 is 30.1 Å². The summed E-state index contributed by atoms with van der Waals surface area (Å²) in [7, 11) is 3.19. The third kappa shape index (κ3) is 6.87. The van der Waals surface area contributed by atoms with Gasteiger partial charge in [0.1, 0.15) is 23.1 Å². The smallest absolute Gasteiger partial charge is 0.251 e. The lowest BCUT2D eigenvalue weighted by atomic mass is 9.78. The predicted molar refractivity (Wildman–Crippen MR) is 162 cm³/mol. The molecule has 43 heavy (non-hydrogen) atoms. The molecule has 3 fully saturated rings. The van der Waals surface area contributed by atoms with Crippen molar-refractivity contribution in [3.8, 4) is 11.5 Å². The SMILES string of the molecule is CNC(=O)c1ccc(Oc2ccc(CN3CCC4(CC3)C(=O)N[C@H]([C@H](O)C3CCCCC3)C(=O)N4CCOC)cc2)cc1. The van der Waals surface area contributed by atoms with Gasteiger partial charge in [0.15, 0.2) is 0 Å². The lowest BCUT2D eigenvalue weighted by Gasteiger charge is -2.52. The number of nitrogens with one attached hydrogen (secondary N) is 2. The molecule has 2 aromatic carbocycles. The van der Waals surface area contributed by atoms with Gasteiger partial charge in [0.25, 0.3) is 5.91 Å². The molecule has 1 saturated carbocycles. The summed E-state index contributed by atoms with van der Waals surface area (Å²) < 4.78 is 11.3. The molecule has 2 aliphatic heterocycles. The van der Waals surface area contributed by atoms with Crippen molar-refractivity contribution in [3.05, 3.63) is 59.7 Å². The van der Waals surface area contributed by atoms with Crippen LogP contribution in [0.15, 0.2) is 48.5 Å². The first-order valence-electron chi connectivity index (χ1n) is 15.5. The Morgan fingerprint density at radius 1 is 1.02 bits per heavy atom. The number of aliphatic hydroxyl groups excluding tert-OH is 1. The van der Waals surface area contributed by atoms with Crippen LogP contribution in [0.3, 0.4) is 0 Å². The number of aliphatic hydroxyl groups is 1. The maximum atomic E-state index is 13.8. The molecule has 2 heterocycles. The summed E-state index contributed by atoms with van der Waals surface area (Å²) in [6, 6.07) is 14.0. The molecule has 10 heteroatoms. The summed E-state index contributed by atoms with van der Waals surface area (Å²) in [6.45, 7) is 2.70. The minimum atomic E-state index is -0.931. The molecule has 0 bridgehead atoms. The predicted octanol–water partition coefficient (Wildman–Crippen LogP) is 3.09. The van der Waals surface area contributed by atoms with Gasteiger partial charge in [-0.2, -0.15) is 0 Å². The molecule has 5 rings (SSSR count). The van der Waals surface area contributed by atoms with Crippen LogP contribution >= 0.6 is 0 Å². The molecule has 3 N–H and O–H groups in total. The van der Waals surface area contributed by atoms with E-state index in [0.717, 1.165) is 37.7 Å². The number of ether oxygens (including phenoxy) is 2. The highest BCUT2D eigenvalue weighted by Gasteiger charge is 2.55. The van der Waals surface area contributed by atoms with Crippen molar-refractivity contribution in [1.82, 2.24) is 20.4 Å². The number of rotatable bonds is 10. The second-order valence-corrected chi connectivity index (χ2v) is 12.0. The molecule has 2 aromatic rings. The van der Waals surface area contributed by atoms with E-state index in [4.69, 9.17) is 9.47 Å². The molecule has 2 saturated heterocycles. The molecule has 1 aliphatic carbocycles. The Hall–Kier alpha value is -3.47. The van der Waals surface area contributed by atoms with Gasteiger partial charge in [0.2, 0.25) is 11.8 Å². The fourth-order valence-corrected chi connectivity index (χ4v) is 6.78. The molecule has 3 amide bonds. The molecule has 10 nitrogen and oxygen atoms in total. The van der Waals surface area contributed by atoms with E-state index in [9.17, 15) is 19.5 Å². The van der Waals surface area contributed by atoms with E-state index in [2.05, 4.69) is 15.5 Å². The molecule has 232 valence electrons. The Bertz CT molecular complexity index is 1250. The molecule has 1 spiro atoms. The van der Waals surface area contributed by atoms with Crippen LogP contribution in [0.5, 0.6) is 11.5 Å². The Morgan fingerprint density at radius 3 is 2.26 bits per heavy atom. The number of amides is 3. The molecule has 3 aliphatic rings. The van der Waals surface area contributed by atoms with Crippen molar-refractivity contribution in [2.45, 2.75) is 69.2 Å². The van der Waals surface area contributed by atoms with E-state index in [1.165, 1.54) is 0 Å². The van der Waals surface area contributed by atoms with Crippen molar-refractivity contribution in [2.24, 2.45) is 5.92 Å². The van der Waals surface area contributed by atoms with E-state index in [1.807, 2.05) is 24.3 Å². The zero-order valence-electron chi connectivity index (χ0n) is 25.2. The zero-order chi connectivity index (χ0) is 30.4. The number of nitrogens with zero attached hydrogens (tertiary/aromatic N) is 2. The summed E-state index contributed by atoms with van der Waals surface area (Å²) in [4.78, 5) is 43.2. The quantitative estimate of drug-likeness (QED) is 0.388.